The minimum Gasteiger partial charge on any atom is -0.492 e. The van der Waals surface area contributed by atoms with Crippen LogP contribution in [0.1, 0.15) is 19.3 Å². The maximum absolute atomic E-state index is 12.1. The van der Waals surface area contributed by atoms with Gasteiger partial charge in [0.05, 0.1) is 12.6 Å². The lowest BCUT2D eigenvalue weighted by molar-refractivity contribution is -0.133. The summed E-state index contributed by atoms with van der Waals surface area (Å²) in [4.78, 5) is 13.9. The summed E-state index contributed by atoms with van der Waals surface area (Å²) in [6.07, 6.45) is 3.26. The quantitative estimate of drug-likeness (QED) is 0.905. The van der Waals surface area contributed by atoms with Crippen molar-refractivity contribution in [2.75, 3.05) is 26.7 Å². The van der Waals surface area contributed by atoms with E-state index in [9.17, 15) is 4.79 Å². The number of amides is 1. The van der Waals surface area contributed by atoms with Crippen molar-refractivity contribution in [1.82, 2.24) is 10.2 Å². The van der Waals surface area contributed by atoms with Gasteiger partial charge in [0.2, 0.25) is 5.91 Å². The molecular formula is C15H23ClN2O2. The predicted molar refractivity (Wildman–Crippen MR) is 82.5 cm³/mol. The maximum atomic E-state index is 12.1. The predicted octanol–water partition coefficient (Wildman–Crippen LogP) is 2.09. The Labute approximate surface area is 126 Å². The summed E-state index contributed by atoms with van der Waals surface area (Å²) in [7, 11) is 1.84. The molecule has 1 saturated heterocycles. The molecule has 0 radical (unpaired) electrons. The molecule has 1 aliphatic rings. The smallest absolute Gasteiger partial charge is 0.239 e. The minimum absolute atomic E-state index is 0. The van der Waals surface area contributed by atoms with Gasteiger partial charge in [0.15, 0.2) is 0 Å². The fraction of sp³-hybridized carbons (Fsp3) is 0.533. The van der Waals surface area contributed by atoms with Gasteiger partial charge >= 0.3 is 0 Å². The van der Waals surface area contributed by atoms with Crippen LogP contribution in [-0.2, 0) is 4.79 Å². The summed E-state index contributed by atoms with van der Waals surface area (Å²) in [5.41, 5.74) is 0. The number of halogens is 1. The fourth-order valence-corrected chi connectivity index (χ4v) is 2.26. The third-order valence-corrected chi connectivity index (χ3v) is 3.42. The SMILES string of the molecule is CN(CCOc1ccccc1)C(=O)C1CCCCN1.Cl. The first-order chi connectivity index (χ1) is 9.27. The molecule has 0 aromatic heterocycles. The van der Waals surface area contributed by atoms with Gasteiger partial charge in [-0.15, -0.1) is 12.4 Å². The molecular weight excluding hydrogens is 276 g/mol. The van der Waals surface area contributed by atoms with Crippen LogP contribution in [-0.4, -0.2) is 43.6 Å². The Bertz CT molecular complexity index is 394. The highest BCUT2D eigenvalue weighted by Crippen LogP contribution is 2.10. The monoisotopic (exact) mass is 298 g/mol. The number of rotatable bonds is 5. The molecule has 0 aliphatic carbocycles. The van der Waals surface area contributed by atoms with E-state index in [2.05, 4.69) is 5.32 Å². The van der Waals surface area contributed by atoms with Gasteiger partial charge < -0.3 is 15.0 Å². The van der Waals surface area contributed by atoms with E-state index in [1.807, 2.05) is 37.4 Å². The number of nitrogens with one attached hydrogen (secondary N) is 1. The van der Waals surface area contributed by atoms with Crippen LogP contribution in [0.2, 0.25) is 0 Å². The Morgan fingerprint density at radius 1 is 1.35 bits per heavy atom. The van der Waals surface area contributed by atoms with Crippen LogP contribution in [0.15, 0.2) is 30.3 Å². The molecule has 1 N–H and O–H groups in total. The number of para-hydroxylation sites is 1. The number of piperidine rings is 1. The zero-order chi connectivity index (χ0) is 13.5. The number of likely N-dealkylation sites (N-methyl/N-ethyl adjacent to an activating group) is 1. The number of hydrogen-bond donors (Lipinski definition) is 1. The number of ether oxygens (including phenoxy) is 1. The van der Waals surface area contributed by atoms with Crippen LogP contribution < -0.4 is 10.1 Å². The molecule has 1 atom stereocenters. The van der Waals surface area contributed by atoms with E-state index in [4.69, 9.17) is 4.74 Å². The first-order valence-electron chi connectivity index (χ1n) is 6.93. The highest BCUT2D eigenvalue weighted by molar-refractivity contribution is 5.85. The van der Waals surface area contributed by atoms with Gasteiger partial charge in [-0.2, -0.15) is 0 Å². The highest BCUT2D eigenvalue weighted by Gasteiger charge is 2.23. The van der Waals surface area contributed by atoms with Crippen molar-refractivity contribution < 1.29 is 9.53 Å². The first-order valence-corrected chi connectivity index (χ1v) is 6.93. The normalized spacial score (nSPS) is 17.9. The average molecular weight is 299 g/mol. The second-order valence-corrected chi connectivity index (χ2v) is 4.92. The zero-order valence-corrected chi connectivity index (χ0v) is 12.7. The molecule has 1 unspecified atom stereocenters. The van der Waals surface area contributed by atoms with Crippen molar-refractivity contribution in [3.05, 3.63) is 30.3 Å². The van der Waals surface area contributed by atoms with Crippen LogP contribution in [0.5, 0.6) is 5.75 Å². The van der Waals surface area contributed by atoms with Crippen LogP contribution in [0.25, 0.3) is 0 Å². The van der Waals surface area contributed by atoms with Crippen LogP contribution in [0, 0.1) is 0 Å². The van der Waals surface area contributed by atoms with Gasteiger partial charge in [0.1, 0.15) is 12.4 Å². The summed E-state index contributed by atoms with van der Waals surface area (Å²) in [6, 6.07) is 9.67. The molecule has 1 amide bonds. The summed E-state index contributed by atoms with van der Waals surface area (Å²) < 4.78 is 5.60. The van der Waals surface area contributed by atoms with E-state index in [0.717, 1.165) is 25.1 Å². The van der Waals surface area contributed by atoms with Crippen molar-refractivity contribution in [3.8, 4) is 5.75 Å². The van der Waals surface area contributed by atoms with Crippen molar-refractivity contribution in [3.63, 3.8) is 0 Å². The van der Waals surface area contributed by atoms with Crippen molar-refractivity contribution in [1.29, 1.82) is 0 Å². The molecule has 0 spiro atoms. The second kappa shape index (κ2) is 8.82. The average Bonchev–Trinajstić information content (AvgIpc) is 2.48. The summed E-state index contributed by atoms with van der Waals surface area (Å²) in [5, 5.41) is 3.28. The molecule has 1 aromatic rings. The molecule has 0 bridgehead atoms. The summed E-state index contributed by atoms with van der Waals surface area (Å²) in [6.45, 7) is 2.09. The van der Waals surface area contributed by atoms with E-state index >= 15 is 0 Å². The molecule has 2 rings (SSSR count). The Hall–Kier alpha value is -1.26. The minimum atomic E-state index is -0.00419. The number of carbonyl (C=O) groups is 1. The Morgan fingerprint density at radius 3 is 2.75 bits per heavy atom. The molecule has 20 heavy (non-hydrogen) atoms. The van der Waals surface area contributed by atoms with Crippen LogP contribution >= 0.6 is 12.4 Å². The van der Waals surface area contributed by atoms with E-state index in [0.29, 0.717) is 13.2 Å². The molecule has 1 fully saturated rings. The zero-order valence-electron chi connectivity index (χ0n) is 11.9. The van der Waals surface area contributed by atoms with Crippen LogP contribution in [0.3, 0.4) is 0 Å². The van der Waals surface area contributed by atoms with Crippen molar-refractivity contribution in [2.24, 2.45) is 0 Å². The lowest BCUT2D eigenvalue weighted by atomic mass is 10.0. The molecule has 5 heteroatoms. The van der Waals surface area contributed by atoms with Gasteiger partial charge in [0, 0.05) is 7.05 Å². The maximum Gasteiger partial charge on any atom is 0.239 e. The number of hydrogen-bond acceptors (Lipinski definition) is 3. The third kappa shape index (κ3) is 5.02. The van der Waals surface area contributed by atoms with E-state index < -0.39 is 0 Å². The van der Waals surface area contributed by atoms with Crippen LogP contribution in [0.4, 0.5) is 0 Å². The number of nitrogens with zero attached hydrogens (tertiary/aromatic N) is 1. The molecule has 4 nitrogen and oxygen atoms in total. The van der Waals surface area contributed by atoms with Gasteiger partial charge in [-0.05, 0) is 31.5 Å². The first kappa shape index (κ1) is 16.8. The van der Waals surface area contributed by atoms with Gasteiger partial charge in [-0.3, -0.25) is 4.79 Å². The Morgan fingerprint density at radius 2 is 2.10 bits per heavy atom. The van der Waals surface area contributed by atoms with E-state index in [-0.39, 0.29) is 24.4 Å². The second-order valence-electron chi connectivity index (χ2n) is 4.92. The highest BCUT2D eigenvalue weighted by atomic mass is 35.5. The van der Waals surface area contributed by atoms with E-state index in [1.54, 1.807) is 4.90 Å². The molecule has 1 aliphatic heterocycles. The molecule has 1 aromatic carbocycles. The lowest BCUT2D eigenvalue weighted by Crippen LogP contribution is -2.48. The molecule has 0 saturated carbocycles. The van der Waals surface area contributed by atoms with Crippen molar-refractivity contribution >= 4 is 18.3 Å². The van der Waals surface area contributed by atoms with Crippen molar-refractivity contribution in [2.45, 2.75) is 25.3 Å². The summed E-state index contributed by atoms with van der Waals surface area (Å²) >= 11 is 0. The van der Waals surface area contributed by atoms with Gasteiger partial charge in [-0.1, -0.05) is 24.6 Å². The lowest BCUT2D eigenvalue weighted by Gasteiger charge is -2.27. The Balaban J connectivity index is 0.00000200. The standard InChI is InChI=1S/C15H22N2O2.ClH/c1-17(15(18)14-9-5-6-10-16-14)11-12-19-13-7-3-2-4-8-13;/h2-4,7-8,14,16H,5-6,9-12H2,1H3;1H. The molecule has 1 heterocycles. The fourth-order valence-electron chi connectivity index (χ4n) is 2.26. The van der Waals surface area contributed by atoms with Gasteiger partial charge in [0.25, 0.3) is 0 Å². The Kier molecular flexibility index (Phi) is 7.41. The van der Waals surface area contributed by atoms with E-state index in [1.165, 1.54) is 6.42 Å². The molecule has 112 valence electrons. The summed E-state index contributed by atoms with van der Waals surface area (Å²) in [5.74, 6) is 1.02. The number of carbonyl (C=O) groups excluding carboxylic acids is 1. The number of benzene rings is 1. The topological polar surface area (TPSA) is 41.6 Å². The third-order valence-electron chi connectivity index (χ3n) is 3.42. The van der Waals surface area contributed by atoms with Gasteiger partial charge in [-0.25, -0.2) is 0 Å². The largest absolute Gasteiger partial charge is 0.492 e.